The summed E-state index contributed by atoms with van der Waals surface area (Å²) in [5, 5.41) is 5.56. The van der Waals surface area contributed by atoms with Crippen molar-refractivity contribution in [3.05, 3.63) is 98.8 Å². The number of benzene rings is 3. The van der Waals surface area contributed by atoms with Gasteiger partial charge in [-0.1, -0.05) is 53.5 Å². The third kappa shape index (κ3) is 4.77. The minimum atomic E-state index is -0.542. The molecule has 1 heterocycles. The number of carbonyl (C=O) groups is 2. The molecular weight excluding hydrogens is 455 g/mol. The number of nitrogens with one attached hydrogen (secondary N) is 1. The van der Waals surface area contributed by atoms with E-state index in [0.717, 1.165) is 10.1 Å². The molecule has 1 aromatic heterocycles. The number of hydrogen-bond donors (Lipinski definition) is 1. The number of nitrogens with zero attached hydrogens (tertiary/aromatic N) is 1. The van der Waals surface area contributed by atoms with E-state index in [2.05, 4.69) is 10.5 Å². The van der Waals surface area contributed by atoms with Gasteiger partial charge in [-0.05, 0) is 48.0 Å². The molecule has 1 amide bonds. The van der Waals surface area contributed by atoms with Gasteiger partial charge in [-0.2, -0.15) is 5.10 Å². The largest absolute Gasteiger partial charge is 0.423 e. The van der Waals surface area contributed by atoms with Gasteiger partial charge in [0.05, 0.1) is 21.8 Å². The van der Waals surface area contributed by atoms with E-state index in [9.17, 15) is 9.59 Å². The standard InChI is InChI=1S/C23H14Cl2N2O3S/c24-18-7-3-1-5-16(18)23(29)30-15-11-9-14(10-12-15)13-26-27-22(28)21-20(25)17-6-2-4-8-19(17)31-21/h1-13H,(H,27,28)/b26-13+. The fraction of sp³-hybridized carbons (Fsp3) is 0. The molecule has 0 bridgehead atoms. The predicted molar refractivity (Wildman–Crippen MR) is 125 cm³/mol. The van der Waals surface area contributed by atoms with Crippen molar-refractivity contribution in [1.82, 2.24) is 5.43 Å². The summed E-state index contributed by atoms with van der Waals surface area (Å²) in [5.74, 6) is -0.560. The highest BCUT2D eigenvalue weighted by Crippen LogP contribution is 2.34. The topological polar surface area (TPSA) is 67.8 Å². The number of ether oxygens (including phenoxy) is 1. The fourth-order valence-corrected chi connectivity index (χ4v) is 4.41. The number of hydrogen-bond acceptors (Lipinski definition) is 5. The van der Waals surface area contributed by atoms with Crippen LogP contribution in [0.15, 0.2) is 77.9 Å². The zero-order chi connectivity index (χ0) is 21.8. The van der Waals surface area contributed by atoms with E-state index in [1.807, 2.05) is 24.3 Å². The van der Waals surface area contributed by atoms with E-state index in [-0.39, 0.29) is 11.5 Å². The highest BCUT2D eigenvalue weighted by molar-refractivity contribution is 7.21. The van der Waals surface area contributed by atoms with Crippen LogP contribution in [0.1, 0.15) is 25.6 Å². The van der Waals surface area contributed by atoms with Crippen molar-refractivity contribution in [2.45, 2.75) is 0 Å². The van der Waals surface area contributed by atoms with Crippen LogP contribution in [0.4, 0.5) is 0 Å². The summed E-state index contributed by atoms with van der Waals surface area (Å²) in [6, 6.07) is 20.9. The predicted octanol–water partition coefficient (Wildman–Crippen LogP) is 6.19. The van der Waals surface area contributed by atoms with Crippen LogP contribution in [0.2, 0.25) is 10.0 Å². The Morgan fingerprint density at radius 2 is 1.65 bits per heavy atom. The number of fused-ring (bicyclic) bond motifs is 1. The van der Waals surface area contributed by atoms with Gasteiger partial charge in [-0.15, -0.1) is 11.3 Å². The Morgan fingerprint density at radius 1 is 0.935 bits per heavy atom. The molecule has 0 aliphatic heterocycles. The van der Waals surface area contributed by atoms with E-state index in [1.165, 1.54) is 17.6 Å². The molecule has 0 unspecified atom stereocenters. The molecule has 4 rings (SSSR count). The van der Waals surface area contributed by atoms with Gasteiger partial charge in [0.1, 0.15) is 10.6 Å². The number of thiophene rings is 1. The van der Waals surface area contributed by atoms with Crippen molar-refractivity contribution < 1.29 is 14.3 Å². The molecule has 0 saturated carbocycles. The van der Waals surface area contributed by atoms with Gasteiger partial charge in [0.2, 0.25) is 0 Å². The Kier molecular flexibility index (Phi) is 6.32. The van der Waals surface area contributed by atoms with Gasteiger partial charge in [0.25, 0.3) is 5.91 Å². The molecule has 4 aromatic rings. The van der Waals surface area contributed by atoms with Crippen molar-refractivity contribution in [3.8, 4) is 5.75 Å². The van der Waals surface area contributed by atoms with Crippen LogP contribution in [-0.4, -0.2) is 18.1 Å². The second-order valence-corrected chi connectivity index (χ2v) is 8.22. The minimum absolute atomic E-state index is 0.289. The highest BCUT2D eigenvalue weighted by atomic mass is 35.5. The molecule has 0 spiro atoms. The number of esters is 1. The smallest absolute Gasteiger partial charge is 0.345 e. The molecule has 0 radical (unpaired) electrons. The van der Waals surface area contributed by atoms with Crippen molar-refractivity contribution in [3.63, 3.8) is 0 Å². The van der Waals surface area contributed by atoms with Crippen molar-refractivity contribution in [1.29, 1.82) is 0 Å². The maximum absolute atomic E-state index is 12.4. The summed E-state index contributed by atoms with van der Waals surface area (Å²) in [5.41, 5.74) is 3.48. The molecule has 0 atom stereocenters. The molecule has 0 fully saturated rings. The molecule has 1 N–H and O–H groups in total. The number of rotatable bonds is 5. The number of hydrazone groups is 1. The fourth-order valence-electron chi connectivity index (χ4n) is 2.79. The normalized spacial score (nSPS) is 11.0. The maximum atomic E-state index is 12.4. The highest BCUT2D eigenvalue weighted by Gasteiger charge is 2.16. The Hall–Kier alpha value is -3.19. The first-order valence-electron chi connectivity index (χ1n) is 9.10. The average molecular weight is 469 g/mol. The monoisotopic (exact) mass is 468 g/mol. The first-order chi connectivity index (χ1) is 15.0. The van der Waals surface area contributed by atoms with Gasteiger partial charge in [-0.3, -0.25) is 4.79 Å². The molecule has 8 heteroatoms. The van der Waals surface area contributed by atoms with Crippen LogP contribution >= 0.6 is 34.5 Å². The first-order valence-corrected chi connectivity index (χ1v) is 10.7. The van der Waals surface area contributed by atoms with Gasteiger partial charge >= 0.3 is 5.97 Å². The lowest BCUT2D eigenvalue weighted by Crippen LogP contribution is -2.16. The number of halogens is 2. The molecular formula is C23H14Cl2N2O3S. The summed E-state index contributed by atoms with van der Waals surface area (Å²) < 4.78 is 6.26. The van der Waals surface area contributed by atoms with Gasteiger partial charge in [-0.25, -0.2) is 10.2 Å². The lowest BCUT2D eigenvalue weighted by Gasteiger charge is -2.05. The minimum Gasteiger partial charge on any atom is -0.423 e. The lowest BCUT2D eigenvalue weighted by molar-refractivity contribution is 0.0734. The van der Waals surface area contributed by atoms with Crippen LogP contribution < -0.4 is 10.2 Å². The maximum Gasteiger partial charge on any atom is 0.345 e. The van der Waals surface area contributed by atoms with Crippen molar-refractivity contribution >= 4 is 62.7 Å². The van der Waals surface area contributed by atoms with Crippen molar-refractivity contribution in [2.75, 3.05) is 0 Å². The zero-order valence-electron chi connectivity index (χ0n) is 15.8. The molecule has 3 aromatic carbocycles. The Bertz CT molecular complexity index is 1300. The van der Waals surface area contributed by atoms with Crippen LogP contribution in [0.25, 0.3) is 10.1 Å². The molecule has 0 aliphatic rings. The molecule has 0 saturated heterocycles. The lowest BCUT2D eigenvalue weighted by atomic mass is 10.2. The van der Waals surface area contributed by atoms with E-state index in [4.69, 9.17) is 27.9 Å². The summed E-state index contributed by atoms with van der Waals surface area (Å²) in [4.78, 5) is 25.0. The van der Waals surface area contributed by atoms with E-state index in [0.29, 0.717) is 26.2 Å². The second-order valence-electron chi connectivity index (χ2n) is 6.38. The van der Waals surface area contributed by atoms with Crippen LogP contribution in [0.3, 0.4) is 0 Å². The summed E-state index contributed by atoms with van der Waals surface area (Å²) in [7, 11) is 0. The SMILES string of the molecule is O=C(Oc1ccc(/C=N/NC(=O)c2sc3ccccc3c2Cl)cc1)c1ccccc1Cl. The quantitative estimate of drug-likeness (QED) is 0.164. The average Bonchev–Trinajstić information content (AvgIpc) is 3.12. The Balaban J connectivity index is 1.38. The third-order valence-corrected chi connectivity index (χ3v) is 6.31. The van der Waals surface area contributed by atoms with Crippen molar-refractivity contribution in [2.24, 2.45) is 5.10 Å². The van der Waals surface area contributed by atoms with E-state index in [1.54, 1.807) is 48.5 Å². The molecule has 154 valence electrons. The first kappa shape index (κ1) is 21.1. The third-order valence-electron chi connectivity index (χ3n) is 4.31. The van der Waals surface area contributed by atoms with Crippen LogP contribution in [0, 0.1) is 0 Å². The van der Waals surface area contributed by atoms with Crippen LogP contribution in [0.5, 0.6) is 5.75 Å². The molecule has 31 heavy (non-hydrogen) atoms. The summed E-state index contributed by atoms with van der Waals surface area (Å²) in [6.45, 7) is 0. The zero-order valence-corrected chi connectivity index (χ0v) is 18.2. The Labute approximate surface area is 191 Å². The van der Waals surface area contributed by atoms with E-state index < -0.39 is 5.97 Å². The Morgan fingerprint density at radius 3 is 2.39 bits per heavy atom. The van der Waals surface area contributed by atoms with Gasteiger partial charge in [0, 0.05) is 10.1 Å². The molecule has 0 aliphatic carbocycles. The summed E-state index contributed by atoms with van der Waals surface area (Å²) in [6.07, 6.45) is 1.48. The number of carbonyl (C=O) groups excluding carboxylic acids is 2. The van der Waals surface area contributed by atoms with Crippen LogP contribution in [-0.2, 0) is 0 Å². The van der Waals surface area contributed by atoms with E-state index >= 15 is 0 Å². The number of amides is 1. The molecule has 5 nitrogen and oxygen atoms in total. The van der Waals surface area contributed by atoms with Gasteiger partial charge in [0.15, 0.2) is 0 Å². The second kappa shape index (κ2) is 9.31. The van der Waals surface area contributed by atoms with Gasteiger partial charge < -0.3 is 4.74 Å². The summed E-state index contributed by atoms with van der Waals surface area (Å²) >= 11 is 13.6.